The number of amides is 1. The number of carbonyl (C=O) groups excluding carboxylic acids is 1. The third-order valence-corrected chi connectivity index (χ3v) is 7.48. The van der Waals surface area contributed by atoms with E-state index in [1.54, 1.807) is 36.9 Å². The van der Waals surface area contributed by atoms with Crippen molar-refractivity contribution in [1.82, 2.24) is 0 Å². The monoisotopic (exact) mass is 488 g/mol. The lowest BCUT2D eigenvalue weighted by Crippen LogP contribution is -2.32. The first-order chi connectivity index (χ1) is 15.3. The van der Waals surface area contributed by atoms with Crippen molar-refractivity contribution in [3.05, 3.63) is 83.4 Å². The molecule has 0 saturated heterocycles. The fourth-order valence-corrected chi connectivity index (χ4v) is 5.31. The highest BCUT2D eigenvalue weighted by atomic mass is 35.5. The Bertz CT molecular complexity index is 1180. The van der Waals surface area contributed by atoms with Crippen LogP contribution in [0.4, 0.5) is 11.4 Å². The lowest BCUT2D eigenvalue weighted by atomic mass is 10.2. The van der Waals surface area contributed by atoms with Crippen LogP contribution in [0.2, 0.25) is 5.02 Å². The zero-order chi connectivity index (χ0) is 23.1. The van der Waals surface area contributed by atoms with E-state index < -0.39 is 10.0 Å². The molecular weight excluding hydrogens is 464 g/mol. The number of anilines is 2. The Morgan fingerprint density at radius 3 is 2.41 bits per heavy atom. The van der Waals surface area contributed by atoms with E-state index in [0.717, 1.165) is 21.7 Å². The summed E-state index contributed by atoms with van der Waals surface area (Å²) >= 11 is 7.74. The Morgan fingerprint density at radius 2 is 1.69 bits per heavy atom. The molecule has 0 aliphatic heterocycles. The molecule has 1 N–H and O–H groups in total. The number of hydrogen-bond donors (Lipinski definition) is 1. The average molecular weight is 489 g/mol. The molecule has 5 nitrogen and oxygen atoms in total. The largest absolute Gasteiger partial charge is 0.325 e. The quantitative estimate of drug-likeness (QED) is 0.402. The van der Waals surface area contributed by atoms with Crippen molar-refractivity contribution in [1.29, 1.82) is 0 Å². The minimum absolute atomic E-state index is 0.164. The smallest absolute Gasteiger partial charge is 0.232 e. The van der Waals surface area contributed by atoms with Crippen LogP contribution in [0.15, 0.2) is 82.6 Å². The summed E-state index contributed by atoms with van der Waals surface area (Å²) in [6, 6.07) is 22.7. The van der Waals surface area contributed by atoms with Gasteiger partial charge in [-0.25, -0.2) is 8.42 Å². The molecule has 8 heteroatoms. The Morgan fingerprint density at radius 1 is 1.00 bits per heavy atom. The number of nitrogens with one attached hydrogen (secondary N) is 1. The molecule has 0 aliphatic carbocycles. The number of nitrogens with zero attached hydrogens (tertiary/aromatic N) is 1. The van der Waals surface area contributed by atoms with Gasteiger partial charge in [0, 0.05) is 27.8 Å². The summed E-state index contributed by atoms with van der Waals surface area (Å²) in [6.07, 6.45) is 1.72. The van der Waals surface area contributed by atoms with E-state index in [-0.39, 0.29) is 18.9 Å². The number of sulfonamides is 1. The van der Waals surface area contributed by atoms with E-state index in [2.05, 4.69) is 5.32 Å². The van der Waals surface area contributed by atoms with Gasteiger partial charge in [0.2, 0.25) is 15.9 Å². The lowest BCUT2D eigenvalue weighted by Gasteiger charge is -2.24. The van der Waals surface area contributed by atoms with Crippen LogP contribution in [0.3, 0.4) is 0 Å². The van der Waals surface area contributed by atoms with Crippen LogP contribution >= 0.6 is 23.4 Å². The second-order valence-corrected chi connectivity index (χ2v) is 10.7. The SMILES string of the molecule is Cc1c(Cl)cccc1N(CCCC(=O)Nc1ccccc1Sc1ccccc1)S(C)(=O)=O. The van der Waals surface area contributed by atoms with Gasteiger partial charge in [0.15, 0.2) is 0 Å². The summed E-state index contributed by atoms with van der Waals surface area (Å²) < 4.78 is 26.0. The molecule has 3 aromatic rings. The van der Waals surface area contributed by atoms with Crippen LogP contribution < -0.4 is 9.62 Å². The number of carbonyl (C=O) groups is 1. The van der Waals surface area contributed by atoms with Gasteiger partial charge in [0.25, 0.3) is 0 Å². The molecule has 0 fully saturated rings. The van der Waals surface area contributed by atoms with Gasteiger partial charge in [0.1, 0.15) is 0 Å². The number of hydrogen-bond acceptors (Lipinski definition) is 4. The van der Waals surface area contributed by atoms with Gasteiger partial charge in [0.05, 0.1) is 17.6 Å². The van der Waals surface area contributed by atoms with Crippen molar-refractivity contribution in [3.63, 3.8) is 0 Å². The number of rotatable bonds is 9. The van der Waals surface area contributed by atoms with Crippen molar-refractivity contribution < 1.29 is 13.2 Å². The molecule has 3 rings (SSSR count). The Balaban J connectivity index is 1.64. The topological polar surface area (TPSA) is 66.5 Å². The van der Waals surface area contributed by atoms with Crippen molar-refractivity contribution >= 4 is 50.7 Å². The highest BCUT2D eigenvalue weighted by Gasteiger charge is 2.20. The van der Waals surface area contributed by atoms with Crippen LogP contribution in [-0.2, 0) is 14.8 Å². The Kier molecular flexibility index (Phi) is 8.23. The minimum Gasteiger partial charge on any atom is -0.325 e. The zero-order valence-corrected chi connectivity index (χ0v) is 20.3. The molecule has 0 spiro atoms. The summed E-state index contributed by atoms with van der Waals surface area (Å²) in [7, 11) is -3.52. The van der Waals surface area contributed by atoms with Crippen molar-refractivity contribution in [2.45, 2.75) is 29.6 Å². The molecule has 0 unspecified atom stereocenters. The third kappa shape index (κ3) is 6.51. The summed E-state index contributed by atoms with van der Waals surface area (Å²) in [5, 5.41) is 3.46. The first kappa shape index (κ1) is 24.2. The average Bonchev–Trinajstić information content (AvgIpc) is 2.75. The standard InChI is InChI=1S/C24H25ClN2O3S2/c1-18-20(25)12-8-14-22(18)27(32(2,29)30)17-9-16-24(28)26-21-13-6-7-15-23(21)31-19-10-4-3-5-11-19/h3-8,10-15H,9,16-17H2,1-2H3,(H,26,28). The summed E-state index contributed by atoms with van der Waals surface area (Å²) in [5.74, 6) is -0.164. The van der Waals surface area contributed by atoms with Crippen LogP contribution in [0.1, 0.15) is 18.4 Å². The molecule has 3 aromatic carbocycles. The zero-order valence-electron chi connectivity index (χ0n) is 17.9. The molecule has 1 amide bonds. The van der Waals surface area contributed by atoms with Crippen molar-refractivity contribution in [2.24, 2.45) is 0 Å². The molecule has 32 heavy (non-hydrogen) atoms. The lowest BCUT2D eigenvalue weighted by molar-refractivity contribution is -0.116. The van der Waals surface area contributed by atoms with Gasteiger partial charge in [-0.05, 0) is 55.3 Å². The first-order valence-corrected chi connectivity index (χ1v) is 13.1. The van der Waals surface area contributed by atoms with Gasteiger partial charge in [-0.3, -0.25) is 9.10 Å². The summed E-state index contributed by atoms with van der Waals surface area (Å²) in [5.41, 5.74) is 1.96. The molecule has 0 aliphatic rings. The van der Waals surface area contributed by atoms with Gasteiger partial charge in [-0.15, -0.1) is 0 Å². The number of benzene rings is 3. The normalized spacial score (nSPS) is 11.2. The highest BCUT2D eigenvalue weighted by molar-refractivity contribution is 7.99. The van der Waals surface area contributed by atoms with Crippen molar-refractivity contribution in [3.8, 4) is 0 Å². The number of para-hydroxylation sites is 1. The van der Waals surface area contributed by atoms with Gasteiger partial charge in [-0.1, -0.05) is 59.8 Å². The molecule has 0 saturated carbocycles. The van der Waals surface area contributed by atoms with E-state index >= 15 is 0 Å². The van der Waals surface area contributed by atoms with E-state index in [4.69, 9.17) is 11.6 Å². The third-order valence-electron chi connectivity index (χ3n) is 4.81. The van der Waals surface area contributed by atoms with E-state index in [9.17, 15) is 13.2 Å². The second-order valence-electron chi connectivity index (χ2n) is 7.28. The van der Waals surface area contributed by atoms with Gasteiger partial charge in [-0.2, -0.15) is 0 Å². The fraction of sp³-hybridized carbons (Fsp3) is 0.208. The predicted molar refractivity (Wildman–Crippen MR) is 133 cm³/mol. The molecule has 0 heterocycles. The summed E-state index contributed by atoms with van der Waals surface area (Å²) in [6.45, 7) is 1.97. The van der Waals surface area contributed by atoms with Gasteiger partial charge < -0.3 is 5.32 Å². The Hall–Kier alpha value is -2.48. The summed E-state index contributed by atoms with van der Waals surface area (Å²) in [4.78, 5) is 14.6. The molecule has 0 bridgehead atoms. The maximum absolute atomic E-state index is 12.6. The van der Waals surface area contributed by atoms with E-state index in [0.29, 0.717) is 22.7 Å². The Labute approximate surface area is 198 Å². The number of halogens is 1. The molecule has 0 aromatic heterocycles. The second kappa shape index (κ2) is 10.9. The van der Waals surface area contributed by atoms with Crippen LogP contribution in [-0.4, -0.2) is 27.1 Å². The van der Waals surface area contributed by atoms with Gasteiger partial charge >= 0.3 is 0 Å². The maximum atomic E-state index is 12.6. The van der Waals surface area contributed by atoms with Crippen molar-refractivity contribution in [2.75, 3.05) is 22.4 Å². The van der Waals surface area contributed by atoms with Crippen LogP contribution in [0, 0.1) is 6.92 Å². The molecule has 0 atom stereocenters. The fourth-order valence-electron chi connectivity index (χ4n) is 3.20. The van der Waals surface area contributed by atoms with Crippen LogP contribution in [0.25, 0.3) is 0 Å². The first-order valence-electron chi connectivity index (χ1n) is 10.1. The maximum Gasteiger partial charge on any atom is 0.232 e. The molecule has 168 valence electrons. The molecular formula is C24H25ClN2O3S2. The van der Waals surface area contributed by atoms with E-state index in [1.807, 2.05) is 54.6 Å². The molecule has 0 radical (unpaired) electrons. The van der Waals surface area contributed by atoms with E-state index in [1.165, 1.54) is 4.31 Å². The van der Waals surface area contributed by atoms with Crippen LogP contribution in [0.5, 0.6) is 0 Å². The highest BCUT2D eigenvalue weighted by Crippen LogP contribution is 2.33. The minimum atomic E-state index is -3.52. The predicted octanol–water partition coefficient (Wildman–Crippen LogP) is 5.98.